The first-order chi connectivity index (χ1) is 21.9. The molecule has 0 spiro atoms. The van der Waals surface area contributed by atoms with Gasteiger partial charge in [-0.25, -0.2) is 0 Å². The number of hydrogen-bond acceptors (Lipinski definition) is 1. The van der Waals surface area contributed by atoms with Gasteiger partial charge in [-0.15, -0.1) is 0 Å². The molecule has 0 aromatic carbocycles. The maximum absolute atomic E-state index is 8.78. The first kappa shape index (κ1) is 28.5. The van der Waals surface area contributed by atoms with E-state index in [1.54, 1.807) is 128 Å². The second-order valence-electron chi connectivity index (χ2n) is 21.6. The zero-order chi connectivity index (χ0) is 29.3. The summed E-state index contributed by atoms with van der Waals surface area (Å²) in [5, 5.41) is 0.185. The predicted octanol–water partition coefficient (Wildman–Crippen LogP) is 10.9. The van der Waals surface area contributed by atoms with Crippen LogP contribution in [0.2, 0.25) is 0 Å². The van der Waals surface area contributed by atoms with E-state index < -0.39 is 0 Å². The van der Waals surface area contributed by atoms with Gasteiger partial charge in [-0.2, -0.15) is 0 Å². The maximum atomic E-state index is 8.78. The topological polar surface area (TPSA) is 26.0 Å². The van der Waals surface area contributed by atoms with E-state index >= 15 is 0 Å². The Labute approximate surface area is 278 Å². The van der Waals surface area contributed by atoms with E-state index in [0.29, 0.717) is 0 Å². The van der Waals surface area contributed by atoms with Gasteiger partial charge in [0, 0.05) is 0 Å². The molecule has 3 heteroatoms. The lowest BCUT2D eigenvalue weighted by Crippen LogP contribution is -2.60. The molecule has 0 aromatic rings. The second-order valence-corrected chi connectivity index (χ2v) is 27.8. The quantitative estimate of drug-likeness (QED) is 0.286. The lowest BCUT2D eigenvalue weighted by molar-refractivity contribution is 0.0101. The molecule has 0 heterocycles. The van der Waals surface area contributed by atoms with E-state index in [0.717, 1.165) is 117 Å². The van der Waals surface area contributed by atoms with Crippen LogP contribution in [0, 0.1) is 94.7 Å². The van der Waals surface area contributed by atoms with Crippen LogP contribution in [-0.4, -0.2) is 27.7 Å². The summed E-state index contributed by atoms with van der Waals surface area (Å²) in [6.45, 7) is 2.91. The Kier molecular flexibility index (Phi) is 6.33. The van der Waals surface area contributed by atoms with E-state index in [9.17, 15) is 0 Å². The van der Waals surface area contributed by atoms with Crippen molar-refractivity contribution in [2.45, 2.75) is 163 Å². The van der Waals surface area contributed by atoms with Crippen molar-refractivity contribution < 1.29 is 0 Å². The lowest BCUT2D eigenvalue weighted by atomic mass is 9.55. The molecule has 0 aromatic heterocycles. The van der Waals surface area contributed by atoms with Gasteiger partial charge < -0.3 is 5.73 Å². The van der Waals surface area contributed by atoms with Gasteiger partial charge in [0.25, 0.3) is 0 Å². The Bertz CT molecular complexity index is 921. The van der Waals surface area contributed by atoms with Gasteiger partial charge in [-0.05, 0) is 253 Å². The van der Waals surface area contributed by atoms with Crippen molar-refractivity contribution in [1.29, 1.82) is 0 Å². The molecular weight excluding hydrogens is 580 g/mol. The van der Waals surface area contributed by atoms with Gasteiger partial charge in [0.05, 0.1) is 5.02 Å². The van der Waals surface area contributed by atoms with Crippen LogP contribution in [0.1, 0.15) is 135 Å². The minimum atomic E-state index is -0.124. The monoisotopic (exact) mass is 645 g/mol. The van der Waals surface area contributed by atoms with Gasteiger partial charge in [-0.1, -0.05) is 15.8 Å². The largest absolute Gasteiger partial charge is 0.318 e. The summed E-state index contributed by atoms with van der Waals surface area (Å²) < 4.78 is 0. The Morgan fingerprint density at radius 2 is 0.467 bits per heavy atom. The SMILES string of the molecule is CC(N)(P(C1C2CC3CC(C2)CC1C3)C1C2CC3CC(C2)CC1C3)P(C1C2CC3CC(C2)CC1C3)C1C2CC3CC(C2)CC1C3. The molecule has 16 bridgehead atoms. The van der Waals surface area contributed by atoms with E-state index in [1.165, 1.54) is 0 Å². The number of hydrogen-bond donors (Lipinski definition) is 1. The molecule has 16 aliphatic rings. The number of rotatable bonds is 6. The fourth-order valence-corrected chi connectivity index (χ4v) is 30.6. The zero-order valence-electron chi connectivity index (χ0n) is 28.7. The molecule has 2 N–H and O–H groups in total. The van der Waals surface area contributed by atoms with Crippen molar-refractivity contribution in [3.8, 4) is 0 Å². The molecule has 0 atom stereocenters. The predicted molar refractivity (Wildman–Crippen MR) is 190 cm³/mol. The van der Waals surface area contributed by atoms with Crippen LogP contribution in [0.25, 0.3) is 0 Å². The molecule has 16 rings (SSSR count). The molecule has 248 valence electrons. The van der Waals surface area contributed by atoms with Gasteiger partial charge in [0.1, 0.15) is 0 Å². The second kappa shape index (κ2) is 9.99. The summed E-state index contributed by atoms with van der Waals surface area (Å²) in [5.74, 6) is 17.6. The smallest absolute Gasteiger partial charge is 0.0534 e. The average molecular weight is 646 g/mol. The first-order valence-electron chi connectivity index (χ1n) is 21.3. The van der Waals surface area contributed by atoms with Crippen molar-refractivity contribution in [2.24, 2.45) is 100 Å². The van der Waals surface area contributed by atoms with Gasteiger partial charge in [0.15, 0.2) is 0 Å². The summed E-state index contributed by atoms with van der Waals surface area (Å²) in [4.78, 5) is 0. The van der Waals surface area contributed by atoms with E-state index in [-0.39, 0.29) is 20.9 Å². The van der Waals surface area contributed by atoms with Gasteiger partial charge in [-0.3, -0.25) is 0 Å². The van der Waals surface area contributed by atoms with Crippen LogP contribution in [0.3, 0.4) is 0 Å². The molecule has 0 amide bonds. The van der Waals surface area contributed by atoms with E-state index in [1.807, 2.05) is 0 Å². The van der Waals surface area contributed by atoms with Crippen molar-refractivity contribution in [2.75, 3.05) is 0 Å². The van der Waals surface area contributed by atoms with Gasteiger partial charge >= 0.3 is 0 Å². The average Bonchev–Trinajstić information content (AvgIpc) is 2.97. The summed E-state index contributed by atoms with van der Waals surface area (Å²) in [6, 6.07) is 0. The summed E-state index contributed by atoms with van der Waals surface area (Å²) >= 11 is 0. The molecule has 16 fully saturated rings. The van der Waals surface area contributed by atoms with Crippen LogP contribution in [-0.2, 0) is 0 Å². The molecule has 0 radical (unpaired) electrons. The molecule has 0 aliphatic heterocycles. The minimum Gasteiger partial charge on any atom is -0.318 e. The van der Waals surface area contributed by atoms with Crippen LogP contribution in [0.5, 0.6) is 0 Å². The lowest BCUT2D eigenvalue weighted by Gasteiger charge is -2.69. The van der Waals surface area contributed by atoms with Crippen molar-refractivity contribution in [1.82, 2.24) is 0 Å². The summed E-state index contributed by atoms with van der Waals surface area (Å²) in [6.07, 6.45) is 32.6. The molecule has 16 aliphatic carbocycles. The normalized spacial score (nSPS) is 63.3. The van der Waals surface area contributed by atoms with E-state index in [2.05, 4.69) is 6.92 Å². The minimum absolute atomic E-state index is 0.124. The van der Waals surface area contributed by atoms with Crippen LogP contribution < -0.4 is 5.73 Å². The highest BCUT2D eigenvalue weighted by Crippen LogP contribution is 2.84. The standard InChI is InChI=1S/C42H65NP2/c1-42(43,44(38-30-6-22-2-23(8-30)9-31(38)7-22)39-32-10-24-3-25(12-32)13-33(39)11-24)45(40-34-14-26-4-27(16-34)17-35(40)15-26)41-36-18-28-5-29(20-36)21-37(41)19-28/h22-41H,2-21,43H2,1H3. The third-order valence-corrected chi connectivity index (χ3v) is 28.5. The molecule has 16 saturated carbocycles. The van der Waals surface area contributed by atoms with Crippen LogP contribution in [0.15, 0.2) is 0 Å². The van der Waals surface area contributed by atoms with Crippen LogP contribution >= 0.6 is 15.8 Å². The van der Waals surface area contributed by atoms with Crippen molar-refractivity contribution in [3.63, 3.8) is 0 Å². The molecule has 1 nitrogen and oxygen atoms in total. The first-order valence-corrected chi connectivity index (χ1v) is 24.2. The molecular formula is C42H65NP2. The maximum Gasteiger partial charge on any atom is 0.0534 e. The Morgan fingerprint density at radius 3 is 0.622 bits per heavy atom. The Morgan fingerprint density at radius 1 is 0.311 bits per heavy atom. The molecule has 0 saturated heterocycles. The van der Waals surface area contributed by atoms with E-state index in [4.69, 9.17) is 5.73 Å². The number of nitrogens with two attached hydrogens (primary N) is 1. The third-order valence-electron chi connectivity index (χ3n) is 19.0. The van der Waals surface area contributed by atoms with Crippen LogP contribution in [0.4, 0.5) is 0 Å². The van der Waals surface area contributed by atoms with Crippen molar-refractivity contribution in [3.05, 3.63) is 0 Å². The highest BCUT2D eigenvalue weighted by molar-refractivity contribution is 7.78. The molecule has 0 unspecified atom stereocenters. The molecule has 45 heavy (non-hydrogen) atoms. The fraction of sp³-hybridized carbons (Fsp3) is 1.00. The van der Waals surface area contributed by atoms with Crippen molar-refractivity contribution >= 4 is 15.8 Å². The third kappa shape index (κ3) is 4.14. The Hall–Kier alpha value is 0.820. The summed E-state index contributed by atoms with van der Waals surface area (Å²) in [5.41, 5.74) is 13.1. The summed E-state index contributed by atoms with van der Waals surface area (Å²) in [7, 11) is -0.248. The van der Waals surface area contributed by atoms with Gasteiger partial charge in [0.2, 0.25) is 0 Å². The Balaban J connectivity index is 1.00. The highest BCUT2D eigenvalue weighted by Gasteiger charge is 2.66. The highest BCUT2D eigenvalue weighted by atomic mass is 31.2. The zero-order valence-corrected chi connectivity index (χ0v) is 30.4. The fourth-order valence-electron chi connectivity index (χ4n) is 19.1.